The molecule has 0 saturated heterocycles. The lowest BCUT2D eigenvalue weighted by Gasteiger charge is -2.13. The molecule has 0 fully saturated rings. The summed E-state index contributed by atoms with van der Waals surface area (Å²) in [6, 6.07) is 1.00. The third-order valence-corrected chi connectivity index (χ3v) is 2.43. The van der Waals surface area contributed by atoms with Gasteiger partial charge in [0.1, 0.15) is 6.54 Å². The van der Waals surface area contributed by atoms with E-state index in [1.165, 1.54) is 11.8 Å². The first-order chi connectivity index (χ1) is 8.43. The van der Waals surface area contributed by atoms with Crippen LogP contribution in [0.1, 0.15) is 13.8 Å². The summed E-state index contributed by atoms with van der Waals surface area (Å²) in [6.45, 7) is 3.73. The van der Waals surface area contributed by atoms with Crippen molar-refractivity contribution in [1.82, 2.24) is 9.78 Å². The van der Waals surface area contributed by atoms with Crippen molar-refractivity contribution in [3.63, 3.8) is 0 Å². The van der Waals surface area contributed by atoms with Crippen LogP contribution in [0.3, 0.4) is 0 Å². The molecule has 108 valence electrons. The number of rotatable bonds is 5. The second-order valence-electron chi connectivity index (χ2n) is 4.23. The Bertz CT molecular complexity index is 433. The predicted molar refractivity (Wildman–Crippen MR) is 72.9 cm³/mol. The van der Waals surface area contributed by atoms with Gasteiger partial charge in [0.05, 0.1) is 13.2 Å². The van der Waals surface area contributed by atoms with Gasteiger partial charge in [-0.3, -0.25) is 14.3 Å². The maximum atomic E-state index is 11.7. The van der Waals surface area contributed by atoms with Crippen molar-refractivity contribution in [2.45, 2.75) is 26.4 Å². The van der Waals surface area contributed by atoms with E-state index in [4.69, 9.17) is 5.73 Å². The molecule has 1 rings (SSSR count). The van der Waals surface area contributed by atoms with E-state index >= 15 is 0 Å². The number of hydrogen-bond acceptors (Lipinski definition) is 5. The lowest BCUT2D eigenvalue weighted by atomic mass is 10.1. The summed E-state index contributed by atoms with van der Waals surface area (Å²) in [5.41, 5.74) is 5.70. The molecule has 7 nitrogen and oxygen atoms in total. The summed E-state index contributed by atoms with van der Waals surface area (Å²) >= 11 is 0. The monoisotopic (exact) mass is 290 g/mol. The highest BCUT2D eigenvalue weighted by atomic mass is 35.5. The van der Waals surface area contributed by atoms with Crippen LogP contribution in [-0.2, 0) is 20.9 Å². The molecule has 1 amide bonds. The predicted octanol–water partition coefficient (Wildman–Crippen LogP) is 0.400. The lowest BCUT2D eigenvalue weighted by molar-refractivity contribution is -0.141. The number of carbonyl (C=O) groups excluding carboxylic acids is 2. The molecule has 1 aromatic heterocycles. The van der Waals surface area contributed by atoms with Crippen LogP contribution < -0.4 is 11.1 Å². The molecule has 1 atom stereocenters. The van der Waals surface area contributed by atoms with Crippen LogP contribution in [0, 0.1) is 5.92 Å². The standard InChI is InChI=1S/C11H18N4O3.ClH/c1-7(2)10(12)11(17)13-8-4-5-15(14-8)6-9(16)18-3;/h4-5,7,10H,6,12H2,1-3H3,(H,13,14,17);1H/t10-;/m0./s1. The van der Waals surface area contributed by atoms with Gasteiger partial charge in [-0.2, -0.15) is 5.10 Å². The van der Waals surface area contributed by atoms with Crippen molar-refractivity contribution in [2.75, 3.05) is 12.4 Å². The van der Waals surface area contributed by atoms with Gasteiger partial charge in [-0.15, -0.1) is 12.4 Å². The van der Waals surface area contributed by atoms with Gasteiger partial charge >= 0.3 is 5.97 Å². The van der Waals surface area contributed by atoms with E-state index in [0.29, 0.717) is 5.82 Å². The van der Waals surface area contributed by atoms with E-state index in [2.05, 4.69) is 15.2 Å². The number of carbonyl (C=O) groups is 2. The van der Waals surface area contributed by atoms with E-state index in [1.54, 1.807) is 12.3 Å². The molecule has 1 heterocycles. The largest absolute Gasteiger partial charge is 0.468 e. The number of methoxy groups -OCH3 is 1. The Hall–Kier alpha value is -1.60. The van der Waals surface area contributed by atoms with Gasteiger partial charge in [-0.05, 0) is 5.92 Å². The molecule has 0 spiro atoms. The summed E-state index contributed by atoms with van der Waals surface area (Å²) in [7, 11) is 1.30. The van der Waals surface area contributed by atoms with Crippen LogP contribution in [0.15, 0.2) is 12.3 Å². The third-order valence-electron chi connectivity index (χ3n) is 2.43. The van der Waals surface area contributed by atoms with Crippen LogP contribution in [0.2, 0.25) is 0 Å². The third kappa shape index (κ3) is 5.27. The summed E-state index contributed by atoms with van der Waals surface area (Å²) in [5, 5.41) is 6.59. The minimum Gasteiger partial charge on any atom is -0.468 e. The number of anilines is 1. The number of esters is 1. The van der Waals surface area contributed by atoms with E-state index in [1.807, 2.05) is 13.8 Å². The minimum absolute atomic E-state index is 0. The fraction of sp³-hybridized carbons (Fsp3) is 0.545. The highest BCUT2D eigenvalue weighted by Crippen LogP contribution is 2.06. The number of amides is 1. The van der Waals surface area contributed by atoms with E-state index in [-0.39, 0.29) is 30.8 Å². The van der Waals surface area contributed by atoms with Gasteiger partial charge in [-0.25, -0.2) is 0 Å². The number of hydrogen-bond donors (Lipinski definition) is 2. The summed E-state index contributed by atoms with van der Waals surface area (Å²) < 4.78 is 5.88. The SMILES string of the molecule is COC(=O)Cn1ccc(NC(=O)[C@@H](N)C(C)C)n1.Cl. The van der Waals surface area contributed by atoms with Crippen molar-refractivity contribution in [3.05, 3.63) is 12.3 Å². The number of nitrogens with zero attached hydrogens (tertiary/aromatic N) is 2. The van der Waals surface area contributed by atoms with Gasteiger partial charge in [0.15, 0.2) is 5.82 Å². The van der Waals surface area contributed by atoms with Crippen molar-refractivity contribution >= 4 is 30.1 Å². The van der Waals surface area contributed by atoms with Crippen molar-refractivity contribution in [3.8, 4) is 0 Å². The molecule has 8 heteroatoms. The maximum Gasteiger partial charge on any atom is 0.327 e. The smallest absolute Gasteiger partial charge is 0.327 e. The Morgan fingerprint density at radius 2 is 2.16 bits per heavy atom. The highest BCUT2D eigenvalue weighted by molar-refractivity contribution is 5.94. The molecule has 0 aliphatic heterocycles. The molecule has 0 bridgehead atoms. The molecule has 0 saturated carbocycles. The molecule has 0 aliphatic rings. The van der Waals surface area contributed by atoms with Crippen molar-refractivity contribution < 1.29 is 14.3 Å². The maximum absolute atomic E-state index is 11.7. The van der Waals surface area contributed by atoms with Gasteiger partial charge in [-0.1, -0.05) is 13.8 Å². The summed E-state index contributed by atoms with van der Waals surface area (Å²) in [4.78, 5) is 22.7. The Morgan fingerprint density at radius 3 is 2.68 bits per heavy atom. The number of ether oxygens (including phenoxy) is 1. The molecule has 0 radical (unpaired) electrons. The topological polar surface area (TPSA) is 99.2 Å². The second-order valence-corrected chi connectivity index (χ2v) is 4.23. The molecule has 0 unspecified atom stereocenters. The fourth-order valence-corrected chi connectivity index (χ4v) is 1.23. The van der Waals surface area contributed by atoms with Crippen molar-refractivity contribution in [1.29, 1.82) is 0 Å². The normalized spacial score (nSPS) is 11.6. The van der Waals surface area contributed by atoms with Crippen LogP contribution >= 0.6 is 12.4 Å². The molecule has 19 heavy (non-hydrogen) atoms. The fourth-order valence-electron chi connectivity index (χ4n) is 1.23. The average Bonchev–Trinajstić information content (AvgIpc) is 2.74. The molecule has 0 aromatic carbocycles. The molecule has 3 N–H and O–H groups in total. The Kier molecular flexibility index (Phi) is 7.10. The molecular formula is C11H19ClN4O3. The first-order valence-electron chi connectivity index (χ1n) is 5.60. The first kappa shape index (κ1) is 17.4. The zero-order chi connectivity index (χ0) is 13.7. The Labute approximate surface area is 117 Å². The Morgan fingerprint density at radius 1 is 1.53 bits per heavy atom. The summed E-state index contributed by atoms with van der Waals surface area (Å²) in [6.07, 6.45) is 1.58. The average molecular weight is 291 g/mol. The highest BCUT2D eigenvalue weighted by Gasteiger charge is 2.18. The molecule has 1 aromatic rings. The van der Waals surface area contributed by atoms with Crippen molar-refractivity contribution in [2.24, 2.45) is 11.7 Å². The van der Waals surface area contributed by atoms with Gasteiger partial charge < -0.3 is 15.8 Å². The molecular weight excluding hydrogens is 272 g/mol. The van der Waals surface area contributed by atoms with Gasteiger partial charge in [0, 0.05) is 12.3 Å². The number of aromatic nitrogens is 2. The number of nitrogens with one attached hydrogen (secondary N) is 1. The number of nitrogens with two attached hydrogens (primary N) is 1. The van der Waals surface area contributed by atoms with Crippen LogP contribution in [0.4, 0.5) is 5.82 Å². The zero-order valence-electron chi connectivity index (χ0n) is 11.1. The summed E-state index contributed by atoms with van der Waals surface area (Å²) in [5.74, 6) is -0.301. The van der Waals surface area contributed by atoms with E-state index in [9.17, 15) is 9.59 Å². The van der Waals surface area contributed by atoms with Crippen LogP contribution in [0.5, 0.6) is 0 Å². The quantitative estimate of drug-likeness (QED) is 0.765. The van der Waals surface area contributed by atoms with Crippen LogP contribution in [-0.4, -0.2) is 34.8 Å². The van der Waals surface area contributed by atoms with Gasteiger partial charge in [0.2, 0.25) is 5.91 Å². The second kappa shape index (κ2) is 7.75. The first-order valence-corrected chi connectivity index (χ1v) is 5.60. The van der Waals surface area contributed by atoms with Gasteiger partial charge in [0.25, 0.3) is 0 Å². The Balaban J connectivity index is 0.00000324. The van der Waals surface area contributed by atoms with E-state index in [0.717, 1.165) is 0 Å². The lowest BCUT2D eigenvalue weighted by Crippen LogP contribution is -2.39. The number of halogens is 1. The zero-order valence-corrected chi connectivity index (χ0v) is 11.9. The minimum atomic E-state index is -0.587. The van der Waals surface area contributed by atoms with E-state index < -0.39 is 12.0 Å². The molecule has 0 aliphatic carbocycles. The van der Waals surface area contributed by atoms with Crippen LogP contribution in [0.25, 0.3) is 0 Å².